The van der Waals surface area contributed by atoms with E-state index in [0.717, 1.165) is 0 Å². The minimum atomic E-state index is 0.0735. The first kappa shape index (κ1) is 26.9. The zero-order chi connectivity index (χ0) is 28.0. The van der Waals surface area contributed by atoms with Crippen LogP contribution in [0.15, 0.2) is 164 Å². The molecule has 0 aromatic heterocycles. The summed E-state index contributed by atoms with van der Waals surface area (Å²) in [4.78, 5) is 0. The average Bonchev–Trinajstić information content (AvgIpc) is 3.03. The number of para-hydroxylation sites is 1. The molecule has 0 saturated heterocycles. The zero-order valence-corrected chi connectivity index (χ0v) is 25.3. The van der Waals surface area contributed by atoms with Gasteiger partial charge in [0.05, 0.1) is 0 Å². The van der Waals surface area contributed by atoms with E-state index in [1.807, 2.05) is 0 Å². The molecule has 0 amide bonds. The van der Waals surface area contributed by atoms with E-state index in [1.54, 1.807) is 0 Å². The molecule has 0 heterocycles. The van der Waals surface area contributed by atoms with E-state index < -0.39 is 0 Å². The van der Waals surface area contributed by atoms with E-state index in [-0.39, 0.29) is 11.8 Å². The van der Waals surface area contributed by atoms with Gasteiger partial charge in [0.25, 0.3) is 0 Å². The van der Waals surface area contributed by atoms with Crippen molar-refractivity contribution in [3.63, 3.8) is 0 Å². The molecule has 0 aliphatic rings. The molecule has 0 atom stereocenters. The summed E-state index contributed by atoms with van der Waals surface area (Å²) in [5.74, 6) is 0.147. The van der Waals surface area contributed by atoms with E-state index >= 15 is 0 Å². The number of hydrogen-bond acceptors (Lipinski definition) is 1. The van der Waals surface area contributed by atoms with Gasteiger partial charge < -0.3 is 0 Å². The van der Waals surface area contributed by atoms with Gasteiger partial charge in [-0.25, -0.2) is 0 Å². The molecule has 6 rings (SSSR count). The van der Waals surface area contributed by atoms with Gasteiger partial charge in [0, 0.05) is 0 Å². The molecule has 41 heavy (non-hydrogen) atoms. The van der Waals surface area contributed by atoms with Gasteiger partial charge in [-0.15, -0.1) is 0 Å². The summed E-state index contributed by atoms with van der Waals surface area (Å²) in [5.41, 5.74) is 11.4. The Hall–Kier alpha value is -4.34. The fourth-order valence-electron chi connectivity index (χ4n) is 5.93. The molecule has 6 aromatic rings. The molecule has 0 aliphatic carbocycles. The van der Waals surface area contributed by atoms with Gasteiger partial charge in [0.15, 0.2) is 0 Å². The first-order chi connectivity index (χ1) is 20.2. The van der Waals surface area contributed by atoms with Crippen LogP contribution in [0.25, 0.3) is 0 Å². The molecule has 0 spiro atoms. The third kappa shape index (κ3) is 5.77. The van der Waals surface area contributed by atoms with E-state index in [0.29, 0.717) is 0 Å². The van der Waals surface area contributed by atoms with Crippen LogP contribution in [-0.2, 0) is 0 Å². The number of anilines is 2. The van der Waals surface area contributed by atoms with Gasteiger partial charge in [-0.2, -0.15) is 0 Å². The Bertz CT molecular complexity index is 1500. The van der Waals surface area contributed by atoms with Gasteiger partial charge in [0.1, 0.15) is 0 Å². The molecule has 3 radical (unpaired) electrons. The van der Waals surface area contributed by atoms with Crippen molar-refractivity contribution >= 4 is 28.1 Å². The van der Waals surface area contributed by atoms with E-state index in [1.165, 1.54) is 50.3 Å². The SMILES string of the molecule is Cc1cc(C(c2ccccc2)c2ccccc2)c([N]([Ge])c2ccccc2)c(C(c2ccccc2)c2ccccc2)c1. The summed E-state index contributed by atoms with van der Waals surface area (Å²) in [5, 5.41) is 0. The number of rotatable bonds is 8. The van der Waals surface area contributed by atoms with Crippen LogP contribution in [0, 0.1) is 6.92 Å². The van der Waals surface area contributed by atoms with Crippen LogP contribution >= 0.6 is 0 Å². The van der Waals surface area contributed by atoms with Crippen LogP contribution in [0.5, 0.6) is 0 Å². The maximum atomic E-state index is 2.40. The fourth-order valence-corrected chi connectivity index (χ4v) is 6.78. The number of aryl methyl sites for hydroxylation is 1. The molecule has 0 saturated carbocycles. The molecule has 0 unspecified atom stereocenters. The predicted octanol–water partition coefficient (Wildman–Crippen LogP) is 9.58. The first-order valence-corrected chi connectivity index (χ1v) is 15.0. The Kier molecular flexibility index (Phi) is 8.16. The van der Waals surface area contributed by atoms with E-state index in [2.05, 4.69) is 191 Å². The van der Waals surface area contributed by atoms with Gasteiger partial charge >= 0.3 is 253 Å². The third-order valence-corrected chi connectivity index (χ3v) is 8.72. The second kappa shape index (κ2) is 12.5. The van der Waals surface area contributed by atoms with Gasteiger partial charge in [-0.1, -0.05) is 0 Å². The summed E-state index contributed by atoms with van der Waals surface area (Å²) in [7, 11) is 0. The zero-order valence-electron chi connectivity index (χ0n) is 23.2. The third-order valence-electron chi connectivity index (χ3n) is 7.70. The molecule has 1 nitrogen and oxygen atoms in total. The standard InChI is InChI=1S/C39H32GeN/c1-29-27-35(37(30-17-7-2-8-18-30)31-19-9-3-10-20-31)39(41(40)34-25-15-6-16-26-34)36(28-29)38(32-21-11-4-12-22-32)33-23-13-5-14-24-33/h2-28,37-38H,1H3. The van der Waals surface area contributed by atoms with Crippen LogP contribution in [0.3, 0.4) is 0 Å². The van der Waals surface area contributed by atoms with E-state index in [4.69, 9.17) is 0 Å². The van der Waals surface area contributed by atoms with Crippen LogP contribution in [0.2, 0.25) is 0 Å². The van der Waals surface area contributed by atoms with Crippen molar-refractivity contribution < 1.29 is 0 Å². The van der Waals surface area contributed by atoms with Gasteiger partial charge in [0.2, 0.25) is 0 Å². The topological polar surface area (TPSA) is 3.24 Å². The molecule has 0 aliphatic heterocycles. The quantitative estimate of drug-likeness (QED) is 0.127. The molecule has 0 N–H and O–H groups in total. The van der Waals surface area contributed by atoms with Crippen LogP contribution in [0.1, 0.15) is 50.8 Å². The predicted molar refractivity (Wildman–Crippen MR) is 173 cm³/mol. The molecule has 2 heteroatoms. The Morgan fingerprint density at radius 3 is 1.05 bits per heavy atom. The van der Waals surface area contributed by atoms with Crippen LogP contribution in [0.4, 0.5) is 11.4 Å². The summed E-state index contributed by atoms with van der Waals surface area (Å²) in [6, 6.07) is 59.3. The van der Waals surface area contributed by atoms with E-state index in [9.17, 15) is 0 Å². The van der Waals surface area contributed by atoms with Crippen molar-refractivity contribution in [1.29, 1.82) is 0 Å². The van der Waals surface area contributed by atoms with Crippen LogP contribution < -0.4 is 3.86 Å². The first-order valence-electron chi connectivity index (χ1n) is 14.1. The molecular formula is C39H32GeN. The Morgan fingerprint density at radius 1 is 0.439 bits per heavy atom. The average molecular weight is 587 g/mol. The molecule has 197 valence electrons. The second-order valence-electron chi connectivity index (χ2n) is 10.5. The van der Waals surface area contributed by atoms with Crippen molar-refractivity contribution in [2.75, 3.05) is 3.86 Å². The van der Waals surface area contributed by atoms with Crippen molar-refractivity contribution in [3.8, 4) is 0 Å². The number of nitrogens with zero attached hydrogens (tertiary/aromatic N) is 1. The Balaban J connectivity index is 1.69. The summed E-state index contributed by atoms with van der Waals surface area (Å²) in [6.45, 7) is 2.24. The Morgan fingerprint density at radius 2 is 0.732 bits per heavy atom. The second-order valence-corrected chi connectivity index (χ2v) is 11.4. The maximum absolute atomic E-state index is 2.40. The summed E-state index contributed by atoms with van der Waals surface area (Å²) >= 11 is 2.22. The van der Waals surface area contributed by atoms with Gasteiger partial charge in [-0.3, -0.25) is 0 Å². The normalized spacial score (nSPS) is 11.1. The monoisotopic (exact) mass is 588 g/mol. The van der Waals surface area contributed by atoms with Crippen LogP contribution in [-0.4, -0.2) is 16.7 Å². The number of benzene rings is 6. The summed E-state index contributed by atoms with van der Waals surface area (Å²) in [6.07, 6.45) is 0. The molecule has 0 bridgehead atoms. The summed E-state index contributed by atoms with van der Waals surface area (Å²) < 4.78 is 2.39. The van der Waals surface area contributed by atoms with Crippen molar-refractivity contribution in [3.05, 3.63) is 203 Å². The Labute approximate surface area is 252 Å². The van der Waals surface area contributed by atoms with Crippen molar-refractivity contribution in [1.82, 2.24) is 0 Å². The molecular weight excluding hydrogens is 555 g/mol. The van der Waals surface area contributed by atoms with Crippen molar-refractivity contribution in [2.45, 2.75) is 18.8 Å². The molecule has 6 aromatic carbocycles. The van der Waals surface area contributed by atoms with Crippen molar-refractivity contribution in [2.24, 2.45) is 0 Å². The minimum absolute atomic E-state index is 0.0735. The van der Waals surface area contributed by atoms with Gasteiger partial charge in [-0.05, 0) is 0 Å². The fraction of sp³-hybridized carbons (Fsp3) is 0.0769. The number of hydrogen-bond donors (Lipinski definition) is 0. The molecule has 0 fully saturated rings.